The summed E-state index contributed by atoms with van der Waals surface area (Å²) in [6.07, 6.45) is 2.06. The number of benzene rings is 3. The third kappa shape index (κ3) is 7.41. The van der Waals surface area contributed by atoms with Crippen molar-refractivity contribution in [1.82, 2.24) is 9.80 Å². The smallest absolute Gasteiger partial charge is 0.336 e. The van der Waals surface area contributed by atoms with E-state index in [-0.39, 0.29) is 5.91 Å². The molecule has 188 valence electrons. The lowest BCUT2D eigenvalue weighted by molar-refractivity contribution is -0.117. The molecule has 1 heterocycles. The van der Waals surface area contributed by atoms with E-state index in [1.54, 1.807) is 12.1 Å². The summed E-state index contributed by atoms with van der Waals surface area (Å²) in [4.78, 5) is 28.4. The number of hydrogen-bond donors (Lipinski definition) is 2. The fourth-order valence-corrected chi connectivity index (χ4v) is 4.62. The van der Waals surface area contributed by atoms with E-state index in [1.807, 2.05) is 73.8 Å². The first-order valence-electron chi connectivity index (χ1n) is 12.3. The number of carboxylic acid groups (broad SMARTS) is 1. The van der Waals surface area contributed by atoms with Gasteiger partial charge in [-0.05, 0) is 86.9 Å². The molecule has 0 radical (unpaired) electrons. The van der Waals surface area contributed by atoms with Crippen LogP contribution in [0.2, 0.25) is 0 Å². The molecule has 4 rings (SSSR count). The van der Waals surface area contributed by atoms with Crippen LogP contribution in [0.3, 0.4) is 0 Å². The van der Waals surface area contributed by atoms with Gasteiger partial charge in [-0.3, -0.25) is 14.6 Å². The number of likely N-dealkylation sites (tertiary alicyclic amines) is 1. The molecule has 7 heteroatoms. The number of amides is 1. The number of piperidine rings is 1. The zero-order valence-corrected chi connectivity index (χ0v) is 20.6. The van der Waals surface area contributed by atoms with E-state index in [1.165, 1.54) is 0 Å². The van der Waals surface area contributed by atoms with Crippen LogP contribution in [0.15, 0.2) is 78.9 Å². The van der Waals surface area contributed by atoms with Gasteiger partial charge in [0.15, 0.2) is 0 Å². The zero-order valence-electron chi connectivity index (χ0n) is 20.6. The van der Waals surface area contributed by atoms with Gasteiger partial charge in [-0.15, -0.1) is 0 Å². The van der Waals surface area contributed by atoms with Gasteiger partial charge in [-0.1, -0.05) is 36.4 Å². The maximum absolute atomic E-state index is 12.5. The van der Waals surface area contributed by atoms with Crippen LogP contribution in [0.1, 0.15) is 28.8 Å². The molecule has 3 aromatic carbocycles. The van der Waals surface area contributed by atoms with E-state index >= 15 is 0 Å². The van der Waals surface area contributed by atoms with Gasteiger partial charge < -0.3 is 15.2 Å². The van der Waals surface area contributed by atoms with Gasteiger partial charge in [0.2, 0.25) is 5.91 Å². The Bertz CT molecular complexity index is 1140. The van der Waals surface area contributed by atoms with Gasteiger partial charge in [-0.2, -0.15) is 0 Å². The fourth-order valence-electron chi connectivity index (χ4n) is 4.62. The lowest BCUT2D eigenvalue weighted by Crippen LogP contribution is -2.39. The summed E-state index contributed by atoms with van der Waals surface area (Å²) < 4.78 is 5.79. The minimum atomic E-state index is -0.878. The van der Waals surface area contributed by atoms with Gasteiger partial charge in [-0.25, -0.2) is 4.79 Å². The number of nitrogens with zero attached hydrogens (tertiary/aromatic N) is 2. The normalized spacial score (nSPS) is 14.5. The number of rotatable bonds is 10. The Kier molecular flexibility index (Phi) is 8.71. The molecule has 1 amide bonds. The second-order valence-corrected chi connectivity index (χ2v) is 9.37. The van der Waals surface area contributed by atoms with Gasteiger partial charge in [0, 0.05) is 18.8 Å². The predicted molar refractivity (Wildman–Crippen MR) is 140 cm³/mol. The average molecular weight is 488 g/mol. The Balaban J connectivity index is 1.18. The highest BCUT2D eigenvalue weighted by atomic mass is 16.5. The van der Waals surface area contributed by atoms with Gasteiger partial charge >= 0.3 is 5.97 Å². The second kappa shape index (κ2) is 12.3. The van der Waals surface area contributed by atoms with Crippen molar-refractivity contribution in [2.75, 3.05) is 38.5 Å². The van der Waals surface area contributed by atoms with Crippen LogP contribution in [0, 0.1) is 5.92 Å². The van der Waals surface area contributed by atoms with E-state index in [4.69, 9.17) is 4.74 Å². The number of carbonyl (C=O) groups is 2. The van der Waals surface area contributed by atoms with Gasteiger partial charge in [0.05, 0.1) is 12.1 Å². The van der Waals surface area contributed by atoms with E-state index < -0.39 is 5.97 Å². The molecule has 36 heavy (non-hydrogen) atoms. The van der Waals surface area contributed by atoms with Gasteiger partial charge in [0.25, 0.3) is 0 Å². The molecule has 7 nitrogen and oxygen atoms in total. The molecule has 0 atom stereocenters. The molecule has 0 bridgehead atoms. The second-order valence-electron chi connectivity index (χ2n) is 9.37. The number of nitrogens with one attached hydrogen (secondary N) is 1. The first-order chi connectivity index (χ1) is 17.5. The highest BCUT2D eigenvalue weighted by Gasteiger charge is 2.22. The third-order valence-electron chi connectivity index (χ3n) is 6.45. The van der Waals surface area contributed by atoms with Crippen molar-refractivity contribution >= 4 is 17.6 Å². The predicted octanol–water partition coefficient (Wildman–Crippen LogP) is 4.96. The molecular formula is C29H33N3O4. The number of carbonyl (C=O) groups excluding carboxylic acids is 1. The standard InChI is InChI=1S/C29H33N3O4/c1-31(19-22-15-17-32(18-16-22)20-23-7-5-6-10-27(23)29(34)35)21-28(33)30-24-11-13-26(14-12-24)36-25-8-3-2-4-9-25/h2-14,22H,15-21H2,1H3,(H,30,33)(H,34,35). The Morgan fingerprint density at radius 1 is 0.944 bits per heavy atom. The first-order valence-corrected chi connectivity index (χ1v) is 12.3. The topological polar surface area (TPSA) is 82.1 Å². The molecule has 1 fully saturated rings. The van der Waals surface area contributed by atoms with Crippen molar-refractivity contribution < 1.29 is 19.4 Å². The monoisotopic (exact) mass is 487 g/mol. The Morgan fingerprint density at radius 2 is 1.58 bits per heavy atom. The number of carboxylic acids is 1. The van der Waals surface area contributed by atoms with Gasteiger partial charge in [0.1, 0.15) is 11.5 Å². The van der Waals surface area contributed by atoms with Crippen LogP contribution in [0.25, 0.3) is 0 Å². The van der Waals surface area contributed by atoms with E-state index in [0.717, 1.165) is 49.5 Å². The molecule has 0 aliphatic carbocycles. The first kappa shape index (κ1) is 25.4. The number of aromatic carboxylic acids is 1. The summed E-state index contributed by atoms with van der Waals surface area (Å²) in [5.74, 6) is 1.08. The summed E-state index contributed by atoms with van der Waals surface area (Å²) in [6.45, 7) is 3.69. The van der Waals surface area contributed by atoms with E-state index in [2.05, 4.69) is 15.1 Å². The molecule has 2 N–H and O–H groups in total. The number of ether oxygens (including phenoxy) is 1. The number of para-hydroxylation sites is 1. The summed E-state index contributed by atoms with van der Waals surface area (Å²) in [6, 6.07) is 24.2. The number of hydrogen-bond acceptors (Lipinski definition) is 5. The molecule has 1 aliphatic heterocycles. The average Bonchev–Trinajstić information content (AvgIpc) is 2.87. The zero-order chi connectivity index (χ0) is 25.3. The molecule has 0 spiro atoms. The number of anilines is 1. The number of likely N-dealkylation sites (N-methyl/N-ethyl adjacent to an activating group) is 1. The minimum absolute atomic E-state index is 0.0445. The van der Waals surface area contributed by atoms with E-state index in [0.29, 0.717) is 30.3 Å². The van der Waals surface area contributed by atoms with Crippen molar-refractivity contribution in [3.63, 3.8) is 0 Å². The molecule has 0 aromatic heterocycles. The van der Waals surface area contributed by atoms with Crippen molar-refractivity contribution in [2.45, 2.75) is 19.4 Å². The molecule has 1 saturated heterocycles. The van der Waals surface area contributed by atoms with Crippen molar-refractivity contribution in [2.24, 2.45) is 5.92 Å². The molecule has 1 aliphatic rings. The Labute approximate surface area is 212 Å². The maximum Gasteiger partial charge on any atom is 0.336 e. The Morgan fingerprint density at radius 3 is 2.28 bits per heavy atom. The van der Waals surface area contributed by atoms with Crippen molar-refractivity contribution in [1.29, 1.82) is 0 Å². The quantitative estimate of drug-likeness (QED) is 0.421. The molecule has 3 aromatic rings. The highest BCUT2D eigenvalue weighted by Crippen LogP contribution is 2.23. The summed E-state index contributed by atoms with van der Waals surface area (Å²) in [7, 11) is 1.98. The van der Waals surface area contributed by atoms with Crippen LogP contribution in [0.4, 0.5) is 5.69 Å². The van der Waals surface area contributed by atoms with Crippen LogP contribution >= 0.6 is 0 Å². The maximum atomic E-state index is 12.5. The van der Waals surface area contributed by atoms with Crippen LogP contribution in [0.5, 0.6) is 11.5 Å². The van der Waals surface area contributed by atoms with E-state index in [9.17, 15) is 14.7 Å². The van der Waals surface area contributed by atoms with Crippen LogP contribution in [-0.2, 0) is 11.3 Å². The molecule has 0 saturated carbocycles. The minimum Gasteiger partial charge on any atom is -0.478 e. The van der Waals surface area contributed by atoms with Crippen molar-refractivity contribution in [3.8, 4) is 11.5 Å². The van der Waals surface area contributed by atoms with Crippen molar-refractivity contribution in [3.05, 3.63) is 90.0 Å². The summed E-state index contributed by atoms with van der Waals surface area (Å²) >= 11 is 0. The molecule has 0 unspecified atom stereocenters. The Hall–Kier alpha value is -3.68. The molecular weight excluding hydrogens is 454 g/mol. The van der Waals surface area contributed by atoms with Crippen LogP contribution < -0.4 is 10.1 Å². The lowest BCUT2D eigenvalue weighted by Gasteiger charge is -2.34. The third-order valence-corrected chi connectivity index (χ3v) is 6.45. The largest absolute Gasteiger partial charge is 0.478 e. The lowest BCUT2D eigenvalue weighted by atomic mass is 9.95. The summed E-state index contributed by atoms with van der Waals surface area (Å²) in [5, 5.41) is 12.4. The summed E-state index contributed by atoms with van der Waals surface area (Å²) in [5.41, 5.74) is 1.98. The highest BCUT2D eigenvalue weighted by molar-refractivity contribution is 5.92. The van der Waals surface area contributed by atoms with Crippen LogP contribution in [-0.4, -0.2) is 60.0 Å². The SMILES string of the molecule is CN(CC(=O)Nc1ccc(Oc2ccccc2)cc1)CC1CCN(Cc2ccccc2C(=O)O)CC1. The fraction of sp³-hybridized carbons (Fsp3) is 0.310.